The molecule has 2 aromatic rings. The second-order valence-electron chi connectivity index (χ2n) is 6.70. The Kier molecular flexibility index (Phi) is 5.53. The number of nitrogens with one attached hydrogen (secondary N) is 1. The van der Waals surface area contributed by atoms with Gasteiger partial charge in [0.2, 0.25) is 0 Å². The van der Waals surface area contributed by atoms with E-state index in [2.05, 4.69) is 52.2 Å². The summed E-state index contributed by atoms with van der Waals surface area (Å²) >= 11 is 0. The molecule has 132 valence electrons. The molecule has 5 nitrogen and oxygen atoms in total. The summed E-state index contributed by atoms with van der Waals surface area (Å²) in [6, 6.07) is 10.3. The number of nitrogens with zero attached hydrogens (tertiary/aromatic N) is 3. The first-order chi connectivity index (χ1) is 12.1. The Morgan fingerprint density at radius 2 is 1.92 bits per heavy atom. The number of aliphatic imine (C=N–C) groups is 1. The van der Waals surface area contributed by atoms with Crippen LogP contribution in [-0.4, -0.2) is 24.0 Å². The van der Waals surface area contributed by atoms with Crippen molar-refractivity contribution in [2.75, 3.05) is 23.3 Å². The first-order valence-electron chi connectivity index (χ1n) is 8.96. The average Bonchev–Trinajstić information content (AvgIpc) is 2.64. The quantitative estimate of drug-likeness (QED) is 0.660. The molecule has 3 rings (SSSR count). The highest BCUT2D eigenvalue weighted by Crippen LogP contribution is 2.19. The van der Waals surface area contributed by atoms with Crippen LogP contribution in [0.4, 0.5) is 11.5 Å². The summed E-state index contributed by atoms with van der Waals surface area (Å²) in [6.07, 6.45) is 5.68. The summed E-state index contributed by atoms with van der Waals surface area (Å²) in [5, 5.41) is 3.16. The van der Waals surface area contributed by atoms with Gasteiger partial charge in [-0.05, 0) is 74.1 Å². The molecule has 5 heteroatoms. The van der Waals surface area contributed by atoms with E-state index in [1.807, 2.05) is 18.3 Å². The summed E-state index contributed by atoms with van der Waals surface area (Å²) in [5.74, 6) is 1.48. The van der Waals surface area contributed by atoms with Crippen LogP contribution in [0, 0.1) is 13.8 Å². The minimum Gasteiger partial charge on any atom is -0.370 e. The smallest absolute Gasteiger partial charge is 0.193 e. The van der Waals surface area contributed by atoms with E-state index in [0.29, 0.717) is 12.5 Å². The molecular formula is C20H27N5. The molecule has 2 heterocycles. The Balaban J connectivity index is 1.63. The SMILES string of the molecule is Cc1ccc(NC(N)=NCc2ccnc(N3CCCCC3)c2)cc1C. The number of aromatic nitrogens is 1. The van der Waals surface area contributed by atoms with Crippen LogP contribution in [0.2, 0.25) is 0 Å². The summed E-state index contributed by atoms with van der Waals surface area (Å²) < 4.78 is 0. The number of anilines is 2. The fraction of sp³-hybridized carbons (Fsp3) is 0.400. The fourth-order valence-electron chi connectivity index (χ4n) is 3.04. The molecule has 0 radical (unpaired) electrons. The Morgan fingerprint density at radius 3 is 2.68 bits per heavy atom. The second kappa shape index (κ2) is 8.01. The Labute approximate surface area is 150 Å². The fourth-order valence-corrected chi connectivity index (χ4v) is 3.04. The van der Waals surface area contributed by atoms with Crippen molar-refractivity contribution < 1.29 is 0 Å². The molecule has 1 fully saturated rings. The van der Waals surface area contributed by atoms with Crippen molar-refractivity contribution in [2.24, 2.45) is 10.7 Å². The molecule has 0 amide bonds. The highest BCUT2D eigenvalue weighted by molar-refractivity contribution is 5.92. The number of hydrogen-bond donors (Lipinski definition) is 2. The van der Waals surface area contributed by atoms with E-state index in [1.165, 1.54) is 30.4 Å². The number of benzene rings is 1. The average molecular weight is 337 g/mol. The van der Waals surface area contributed by atoms with Gasteiger partial charge in [0.05, 0.1) is 6.54 Å². The molecule has 0 atom stereocenters. The number of aryl methyl sites for hydroxylation is 2. The number of guanidine groups is 1. The standard InChI is InChI=1S/C20H27N5/c1-15-6-7-18(12-16(15)2)24-20(21)23-14-17-8-9-22-19(13-17)25-10-4-3-5-11-25/h6-9,12-13H,3-5,10-11,14H2,1-2H3,(H3,21,23,24). The molecule has 0 unspecified atom stereocenters. The maximum atomic E-state index is 6.04. The molecule has 1 saturated heterocycles. The van der Waals surface area contributed by atoms with Gasteiger partial charge in [-0.3, -0.25) is 0 Å². The van der Waals surface area contributed by atoms with Gasteiger partial charge >= 0.3 is 0 Å². The summed E-state index contributed by atoms with van der Waals surface area (Å²) in [7, 11) is 0. The van der Waals surface area contributed by atoms with Crippen molar-refractivity contribution in [2.45, 2.75) is 39.7 Å². The van der Waals surface area contributed by atoms with Crippen LogP contribution in [-0.2, 0) is 6.54 Å². The Morgan fingerprint density at radius 1 is 1.12 bits per heavy atom. The summed E-state index contributed by atoms with van der Waals surface area (Å²) in [6.45, 7) is 6.92. The lowest BCUT2D eigenvalue weighted by Gasteiger charge is -2.27. The van der Waals surface area contributed by atoms with Crippen LogP contribution in [0.25, 0.3) is 0 Å². The van der Waals surface area contributed by atoms with E-state index < -0.39 is 0 Å². The van der Waals surface area contributed by atoms with E-state index in [0.717, 1.165) is 30.2 Å². The zero-order valence-electron chi connectivity index (χ0n) is 15.1. The van der Waals surface area contributed by atoms with Crippen LogP contribution < -0.4 is 16.0 Å². The Bertz CT molecular complexity index is 748. The number of nitrogens with two attached hydrogens (primary N) is 1. The van der Waals surface area contributed by atoms with Crippen molar-refractivity contribution in [1.82, 2.24) is 4.98 Å². The normalized spacial score (nSPS) is 15.3. The van der Waals surface area contributed by atoms with Gasteiger partial charge in [0.25, 0.3) is 0 Å². The molecule has 0 bridgehead atoms. The van der Waals surface area contributed by atoms with Gasteiger partial charge in [-0.15, -0.1) is 0 Å². The predicted molar refractivity (Wildman–Crippen MR) is 105 cm³/mol. The molecular weight excluding hydrogens is 310 g/mol. The van der Waals surface area contributed by atoms with Gasteiger partial charge in [-0.25, -0.2) is 9.98 Å². The van der Waals surface area contributed by atoms with Crippen LogP contribution in [0.15, 0.2) is 41.5 Å². The maximum Gasteiger partial charge on any atom is 0.193 e. The zero-order valence-corrected chi connectivity index (χ0v) is 15.1. The second-order valence-corrected chi connectivity index (χ2v) is 6.70. The van der Waals surface area contributed by atoms with Crippen LogP contribution in [0.3, 0.4) is 0 Å². The van der Waals surface area contributed by atoms with E-state index in [9.17, 15) is 0 Å². The summed E-state index contributed by atoms with van der Waals surface area (Å²) in [5.41, 5.74) is 10.6. The van der Waals surface area contributed by atoms with E-state index in [-0.39, 0.29) is 0 Å². The monoisotopic (exact) mass is 337 g/mol. The number of piperidine rings is 1. The molecule has 1 aliphatic heterocycles. The minimum atomic E-state index is 0.430. The van der Waals surface area contributed by atoms with Gasteiger partial charge in [-0.1, -0.05) is 6.07 Å². The van der Waals surface area contributed by atoms with Gasteiger partial charge in [0, 0.05) is 25.0 Å². The van der Waals surface area contributed by atoms with E-state index in [4.69, 9.17) is 5.73 Å². The Hall–Kier alpha value is -2.56. The molecule has 1 aliphatic rings. The highest BCUT2D eigenvalue weighted by atomic mass is 15.2. The molecule has 0 spiro atoms. The number of hydrogen-bond acceptors (Lipinski definition) is 3. The highest BCUT2D eigenvalue weighted by Gasteiger charge is 2.12. The van der Waals surface area contributed by atoms with Gasteiger partial charge in [0.15, 0.2) is 5.96 Å². The van der Waals surface area contributed by atoms with E-state index in [1.54, 1.807) is 0 Å². The van der Waals surface area contributed by atoms with Crippen LogP contribution in [0.1, 0.15) is 36.0 Å². The molecule has 3 N–H and O–H groups in total. The number of rotatable bonds is 4. The molecule has 1 aromatic carbocycles. The van der Waals surface area contributed by atoms with Crippen LogP contribution in [0.5, 0.6) is 0 Å². The minimum absolute atomic E-state index is 0.430. The lowest BCUT2D eigenvalue weighted by molar-refractivity contribution is 0.573. The van der Waals surface area contributed by atoms with Crippen LogP contribution >= 0.6 is 0 Å². The lowest BCUT2D eigenvalue weighted by Crippen LogP contribution is -2.30. The first kappa shape index (κ1) is 17.3. The van der Waals surface area contributed by atoms with Gasteiger partial charge in [0.1, 0.15) is 5.82 Å². The molecule has 0 aliphatic carbocycles. The first-order valence-corrected chi connectivity index (χ1v) is 8.96. The topological polar surface area (TPSA) is 66.5 Å². The van der Waals surface area contributed by atoms with Crippen molar-refractivity contribution in [1.29, 1.82) is 0 Å². The van der Waals surface area contributed by atoms with Gasteiger partial charge in [-0.2, -0.15) is 0 Å². The third-order valence-electron chi connectivity index (χ3n) is 4.70. The van der Waals surface area contributed by atoms with Crippen molar-refractivity contribution in [3.8, 4) is 0 Å². The van der Waals surface area contributed by atoms with Crippen molar-refractivity contribution in [3.63, 3.8) is 0 Å². The largest absolute Gasteiger partial charge is 0.370 e. The summed E-state index contributed by atoms with van der Waals surface area (Å²) in [4.78, 5) is 11.3. The zero-order chi connectivity index (χ0) is 17.6. The molecule has 0 saturated carbocycles. The predicted octanol–water partition coefficient (Wildman–Crippen LogP) is 3.62. The van der Waals surface area contributed by atoms with Crippen molar-refractivity contribution in [3.05, 3.63) is 53.2 Å². The maximum absolute atomic E-state index is 6.04. The number of pyridine rings is 1. The van der Waals surface area contributed by atoms with Gasteiger partial charge < -0.3 is 16.0 Å². The van der Waals surface area contributed by atoms with Crippen molar-refractivity contribution >= 4 is 17.5 Å². The third kappa shape index (κ3) is 4.72. The lowest BCUT2D eigenvalue weighted by atomic mass is 10.1. The van der Waals surface area contributed by atoms with E-state index >= 15 is 0 Å². The third-order valence-corrected chi connectivity index (χ3v) is 4.70. The molecule has 25 heavy (non-hydrogen) atoms. The molecule has 1 aromatic heterocycles.